The molecule has 3 fully saturated rings. The molecule has 4 unspecified atom stereocenters. The molecule has 3 rings (SSSR count). The second-order valence-corrected chi connectivity index (χ2v) is 7.79. The Balaban J connectivity index is 1.66. The zero-order chi connectivity index (χ0) is 12.6. The number of ether oxygens (including phenoxy) is 1. The van der Waals surface area contributed by atoms with Gasteiger partial charge in [0, 0.05) is 6.61 Å². The lowest BCUT2D eigenvalue weighted by atomic mass is 9.73. The molecular weight excluding hydrogens is 244 g/mol. The minimum absolute atomic E-state index is 0.0456. The smallest absolute Gasteiger partial charge is 0.0701 e. The Hall–Kier alpha value is 0.270. The summed E-state index contributed by atoms with van der Waals surface area (Å²) < 4.78 is 6.18. The summed E-state index contributed by atoms with van der Waals surface area (Å²) in [5.74, 6) is 4.60. The summed E-state index contributed by atoms with van der Waals surface area (Å²) in [4.78, 5) is 0. The highest BCUT2D eigenvalue weighted by molar-refractivity contribution is 7.99. The summed E-state index contributed by atoms with van der Waals surface area (Å²) in [7, 11) is 0. The van der Waals surface area contributed by atoms with Gasteiger partial charge in [0.2, 0.25) is 0 Å². The van der Waals surface area contributed by atoms with Crippen molar-refractivity contribution >= 4 is 11.8 Å². The molecule has 0 aromatic carbocycles. The van der Waals surface area contributed by atoms with Crippen molar-refractivity contribution in [1.29, 1.82) is 0 Å². The number of hydrogen-bond acceptors (Lipinski definition) is 3. The molecule has 0 radical (unpaired) electrons. The molecule has 0 amide bonds. The highest BCUT2D eigenvalue weighted by atomic mass is 32.2. The molecule has 18 heavy (non-hydrogen) atoms. The normalized spacial score (nSPS) is 44.3. The predicted molar refractivity (Wildman–Crippen MR) is 75.9 cm³/mol. The van der Waals surface area contributed by atoms with E-state index in [1.807, 2.05) is 0 Å². The van der Waals surface area contributed by atoms with E-state index in [0.29, 0.717) is 5.92 Å². The van der Waals surface area contributed by atoms with Crippen molar-refractivity contribution in [2.45, 2.75) is 57.2 Å². The van der Waals surface area contributed by atoms with Crippen molar-refractivity contribution in [1.82, 2.24) is 0 Å². The summed E-state index contributed by atoms with van der Waals surface area (Å²) in [5, 5.41) is 9.97. The topological polar surface area (TPSA) is 29.5 Å². The first-order valence-electron chi connectivity index (χ1n) is 7.60. The Bertz CT molecular complexity index is 283. The summed E-state index contributed by atoms with van der Waals surface area (Å²) in [6.07, 6.45) is 7.18. The van der Waals surface area contributed by atoms with Crippen LogP contribution in [0.4, 0.5) is 0 Å². The molecule has 0 aromatic rings. The van der Waals surface area contributed by atoms with E-state index >= 15 is 0 Å². The van der Waals surface area contributed by atoms with E-state index in [1.165, 1.54) is 43.6 Å². The van der Waals surface area contributed by atoms with Crippen LogP contribution in [-0.4, -0.2) is 34.9 Å². The van der Waals surface area contributed by atoms with E-state index in [-0.39, 0.29) is 11.7 Å². The number of hydrogen-bond donors (Lipinski definition) is 1. The molecule has 2 aliphatic heterocycles. The fourth-order valence-electron chi connectivity index (χ4n) is 4.36. The molecule has 0 bridgehead atoms. The monoisotopic (exact) mass is 270 g/mol. The van der Waals surface area contributed by atoms with Crippen LogP contribution >= 0.6 is 11.8 Å². The summed E-state index contributed by atoms with van der Waals surface area (Å²) in [5.41, 5.74) is 0.210. The van der Waals surface area contributed by atoms with Gasteiger partial charge in [-0.3, -0.25) is 0 Å². The van der Waals surface area contributed by atoms with E-state index in [9.17, 15) is 5.11 Å². The lowest BCUT2D eigenvalue weighted by Crippen LogP contribution is -2.44. The lowest BCUT2D eigenvalue weighted by Gasteiger charge is -2.45. The maximum absolute atomic E-state index is 9.97. The first-order valence-corrected chi connectivity index (χ1v) is 8.75. The number of aliphatic hydroxyl groups excluding tert-OH is 1. The van der Waals surface area contributed by atoms with Crippen LogP contribution in [0.15, 0.2) is 0 Å². The van der Waals surface area contributed by atoms with Gasteiger partial charge in [-0.05, 0) is 67.8 Å². The van der Waals surface area contributed by atoms with Crippen molar-refractivity contribution in [3.05, 3.63) is 0 Å². The Morgan fingerprint density at radius 3 is 2.61 bits per heavy atom. The van der Waals surface area contributed by atoms with Crippen LogP contribution in [0.2, 0.25) is 0 Å². The minimum atomic E-state index is -0.0456. The average Bonchev–Trinajstić information content (AvgIpc) is 2.71. The van der Waals surface area contributed by atoms with Gasteiger partial charge < -0.3 is 9.84 Å². The third kappa shape index (κ3) is 2.46. The molecule has 1 saturated carbocycles. The molecule has 1 N–H and O–H groups in total. The minimum Gasteiger partial charge on any atom is -0.393 e. The maximum Gasteiger partial charge on any atom is 0.0701 e. The maximum atomic E-state index is 9.97. The number of thioether (sulfide) groups is 1. The largest absolute Gasteiger partial charge is 0.393 e. The van der Waals surface area contributed by atoms with E-state index in [4.69, 9.17) is 4.74 Å². The molecule has 2 heterocycles. The SMILES string of the molecule is CC1C(O)CCC1C1CCOC2(CCSCC2)C1. The molecule has 1 spiro atoms. The van der Waals surface area contributed by atoms with Crippen LogP contribution in [0.25, 0.3) is 0 Å². The summed E-state index contributed by atoms with van der Waals surface area (Å²) in [6.45, 7) is 3.20. The van der Waals surface area contributed by atoms with E-state index in [2.05, 4.69) is 18.7 Å². The molecule has 3 aliphatic rings. The third-order valence-corrected chi connectivity index (χ3v) is 6.60. The van der Waals surface area contributed by atoms with Crippen LogP contribution in [0.1, 0.15) is 45.4 Å². The molecule has 2 saturated heterocycles. The van der Waals surface area contributed by atoms with Crippen LogP contribution in [0, 0.1) is 17.8 Å². The number of aliphatic hydroxyl groups is 1. The molecule has 1 aliphatic carbocycles. The summed E-state index contributed by atoms with van der Waals surface area (Å²) >= 11 is 2.08. The highest BCUT2D eigenvalue weighted by Gasteiger charge is 2.44. The van der Waals surface area contributed by atoms with Gasteiger partial charge in [0.05, 0.1) is 11.7 Å². The van der Waals surface area contributed by atoms with Gasteiger partial charge in [-0.2, -0.15) is 11.8 Å². The number of rotatable bonds is 1. The van der Waals surface area contributed by atoms with Crippen molar-refractivity contribution in [3.8, 4) is 0 Å². The second kappa shape index (κ2) is 5.34. The molecule has 4 atom stereocenters. The van der Waals surface area contributed by atoms with Crippen molar-refractivity contribution in [2.75, 3.05) is 18.1 Å². The zero-order valence-corrected chi connectivity index (χ0v) is 12.3. The second-order valence-electron chi connectivity index (χ2n) is 6.56. The van der Waals surface area contributed by atoms with Crippen LogP contribution in [-0.2, 0) is 4.74 Å². The van der Waals surface area contributed by atoms with Crippen LogP contribution < -0.4 is 0 Å². The predicted octanol–water partition coefficient (Wildman–Crippen LogP) is 3.09. The molecule has 3 heteroatoms. The molecule has 2 nitrogen and oxygen atoms in total. The van der Waals surface area contributed by atoms with E-state index < -0.39 is 0 Å². The Labute approximate surface area is 115 Å². The standard InChI is InChI=1S/C15H26O2S/c1-11-13(2-3-14(11)16)12-4-7-17-15(10-12)5-8-18-9-6-15/h11-14,16H,2-10H2,1H3. The van der Waals surface area contributed by atoms with Crippen molar-refractivity contribution < 1.29 is 9.84 Å². The quantitative estimate of drug-likeness (QED) is 0.794. The van der Waals surface area contributed by atoms with Gasteiger partial charge >= 0.3 is 0 Å². The first-order chi connectivity index (χ1) is 8.70. The molecule has 0 aromatic heterocycles. The third-order valence-electron chi connectivity index (χ3n) is 5.62. The van der Waals surface area contributed by atoms with Gasteiger partial charge in [0.1, 0.15) is 0 Å². The van der Waals surface area contributed by atoms with Gasteiger partial charge in [0.15, 0.2) is 0 Å². The van der Waals surface area contributed by atoms with Gasteiger partial charge in [0.25, 0.3) is 0 Å². The lowest BCUT2D eigenvalue weighted by molar-refractivity contribution is -0.114. The first kappa shape index (κ1) is 13.3. The zero-order valence-electron chi connectivity index (χ0n) is 11.4. The van der Waals surface area contributed by atoms with Gasteiger partial charge in [-0.25, -0.2) is 0 Å². The Kier molecular flexibility index (Phi) is 3.93. The van der Waals surface area contributed by atoms with Crippen molar-refractivity contribution in [3.63, 3.8) is 0 Å². The fraction of sp³-hybridized carbons (Fsp3) is 1.00. The average molecular weight is 270 g/mol. The van der Waals surface area contributed by atoms with Crippen molar-refractivity contribution in [2.24, 2.45) is 17.8 Å². The van der Waals surface area contributed by atoms with Crippen LogP contribution in [0.5, 0.6) is 0 Å². The van der Waals surface area contributed by atoms with Gasteiger partial charge in [-0.1, -0.05) is 6.92 Å². The highest BCUT2D eigenvalue weighted by Crippen LogP contribution is 2.47. The van der Waals surface area contributed by atoms with Crippen LogP contribution in [0.3, 0.4) is 0 Å². The molecule has 104 valence electrons. The Morgan fingerprint density at radius 1 is 1.17 bits per heavy atom. The van der Waals surface area contributed by atoms with E-state index in [0.717, 1.165) is 24.9 Å². The fourth-order valence-corrected chi connectivity index (χ4v) is 5.60. The summed E-state index contributed by atoms with van der Waals surface area (Å²) in [6, 6.07) is 0. The van der Waals surface area contributed by atoms with E-state index in [1.54, 1.807) is 0 Å². The Morgan fingerprint density at radius 2 is 1.94 bits per heavy atom. The van der Waals surface area contributed by atoms with Gasteiger partial charge in [-0.15, -0.1) is 0 Å². The molecular formula is C15H26O2S.